The number of nitrogens with one attached hydrogen (secondary N) is 2. The molecule has 5 heteroatoms. The van der Waals surface area contributed by atoms with E-state index in [1.165, 1.54) is 24.8 Å². The number of hydrogen-bond acceptors (Lipinski definition) is 3. The van der Waals surface area contributed by atoms with Crippen LogP contribution in [0.25, 0.3) is 0 Å². The van der Waals surface area contributed by atoms with Gasteiger partial charge in [-0.1, -0.05) is 19.4 Å². The lowest BCUT2D eigenvalue weighted by Gasteiger charge is -2.11. The molecule has 1 aliphatic carbocycles. The number of rotatable bonds is 7. The van der Waals surface area contributed by atoms with Crippen LogP contribution in [-0.4, -0.2) is 31.9 Å². The predicted octanol–water partition coefficient (Wildman–Crippen LogP) is 2.70. The zero-order valence-electron chi connectivity index (χ0n) is 14.1. The zero-order valence-corrected chi connectivity index (χ0v) is 14.1. The Hall–Kier alpha value is -1.91. The molecule has 1 aromatic carbocycles. The topological polar surface area (TPSA) is 54.9 Å². The number of fused-ring (bicyclic) bond motifs is 1. The van der Waals surface area contributed by atoms with Crippen molar-refractivity contribution >= 4 is 5.96 Å². The lowest BCUT2D eigenvalue weighted by atomic mass is 10.1. The Labute approximate surface area is 138 Å². The van der Waals surface area contributed by atoms with Crippen LogP contribution in [-0.2, 0) is 6.42 Å². The van der Waals surface area contributed by atoms with Crippen molar-refractivity contribution in [2.45, 2.75) is 45.6 Å². The highest BCUT2D eigenvalue weighted by Crippen LogP contribution is 2.34. The highest BCUT2D eigenvalue weighted by atomic mass is 16.7. The summed E-state index contributed by atoms with van der Waals surface area (Å²) in [6.45, 7) is 6.33. The molecule has 126 valence electrons. The minimum absolute atomic E-state index is 0.325. The van der Waals surface area contributed by atoms with E-state index in [1.54, 1.807) is 0 Å². The summed E-state index contributed by atoms with van der Waals surface area (Å²) in [5, 5.41) is 6.89. The first kappa shape index (κ1) is 16.0. The molecule has 2 unspecified atom stereocenters. The summed E-state index contributed by atoms with van der Waals surface area (Å²) >= 11 is 0. The Bertz CT molecular complexity index is 559. The van der Waals surface area contributed by atoms with Gasteiger partial charge in [-0.3, -0.25) is 4.99 Å². The van der Waals surface area contributed by atoms with Crippen LogP contribution in [0, 0.1) is 5.92 Å². The van der Waals surface area contributed by atoms with E-state index in [0.717, 1.165) is 42.9 Å². The zero-order chi connectivity index (χ0) is 16.1. The summed E-state index contributed by atoms with van der Waals surface area (Å²) < 4.78 is 10.8. The van der Waals surface area contributed by atoms with Crippen LogP contribution in [0.1, 0.15) is 38.7 Å². The maximum Gasteiger partial charge on any atom is 0.231 e. The SMILES string of the molecule is CCCC1CC1NC(=NCCc1ccc2c(c1)OCO2)NCC. The van der Waals surface area contributed by atoms with Crippen LogP contribution < -0.4 is 20.1 Å². The van der Waals surface area contributed by atoms with E-state index in [4.69, 9.17) is 14.5 Å². The quantitative estimate of drug-likeness (QED) is 0.600. The second-order valence-electron chi connectivity index (χ2n) is 6.23. The van der Waals surface area contributed by atoms with Crippen molar-refractivity contribution in [2.24, 2.45) is 10.9 Å². The van der Waals surface area contributed by atoms with Gasteiger partial charge in [-0.2, -0.15) is 0 Å². The fourth-order valence-corrected chi connectivity index (χ4v) is 3.00. The van der Waals surface area contributed by atoms with E-state index < -0.39 is 0 Å². The molecule has 5 nitrogen and oxygen atoms in total. The van der Waals surface area contributed by atoms with Gasteiger partial charge in [-0.25, -0.2) is 0 Å². The predicted molar refractivity (Wildman–Crippen MR) is 92.2 cm³/mol. The molecule has 0 amide bonds. The Morgan fingerprint density at radius 3 is 2.96 bits per heavy atom. The molecule has 3 rings (SSSR count). The van der Waals surface area contributed by atoms with Crippen molar-refractivity contribution in [3.8, 4) is 11.5 Å². The second-order valence-corrected chi connectivity index (χ2v) is 6.23. The third-order valence-corrected chi connectivity index (χ3v) is 4.36. The Morgan fingerprint density at radius 1 is 1.26 bits per heavy atom. The standard InChI is InChI=1S/C18H27N3O2/c1-3-5-14-11-15(14)21-18(19-4-2)20-9-8-13-6-7-16-17(10-13)23-12-22-16/h6-7,10,14-15H,3-5,8-9,11-12H2,1-2H3,(H2,19,20,21). The van der Waals surface area contributed by atoms with Crippen LogP contribution in [0.4, 0.5) is 0 Å². The molecule has 0 aromatic heterocycles. The Morgan fingerprint density at radius 2 is 2.13 bits per heavy atom. The van der Waals surface area contributed by atoms with E-state index in [9.17, 15) is 0 Å². The molecule has 1 fully saturated rings. The molecule has 1 heterocycles. The number of ether oxygens (including phenoxy) is 2. The van der Waals surface area contributed by atoms with Crippen LogP contribution in [0.5, 0.6) is 11.5 Å². The average molecular weight is 317 g/mol. The van der Waals surface area contributed by atoms with E-state index in [2.05, 4.69) is 36.6 Å². The van der Waals surface area contributed by atoms with Gasteiger partial charge in [0.1, 0.15) is 0 Å². The molecule has 2 aliphatic rings. The summed E-state index contributed by atoms with van der Waals surface area (Å²) in [5.74, 6) is 3.45. The van der Waals surface area contributed by atoms with E-state index in [0.29, 0.717) is 12.8 Å². The largest absolute Gasteiger partial charge is 0.454 e. The first-order valence-electron chi connectivity index (χ1n) is 8.73. The molecule has 23 heavy (non-hydrogen) atoms. The van der Waals surface area contributed by atoms with Gasteiger partial charge in [0.2, 0.25) is 6.79 Å². The average Bonchev–Trinajstić information content (AvgIpc) is 3.10. The number of aliphatic imine (C=N–C) groups is 1. The Balaban J connectivity index is 1.50. The molecule has 0 bridgehead atoms. The maximum absolute atomic E-state index is 5.42. The molecule has 0 spiro atoms. The summed E-state index contributed by atoms with van der Waals surface area (Å²) in [6.07, 6.45) is 4.76. The summed E-state index contributed by atoms with van der Waals surface area (Å²) in [4.78, 5) is 4.70. The third kappa shape index (κ3) is 4.30. The van der Waals surface area contributed by atoms with Gasteiger partial charge in [-0.15, -0.1) is 0 Å². The highest BCUT2D eigenvalue weighted by molar-refractivity contribution is 5.80. The fourth-order valence-electron chi connectivity index (χ4n) is 3.00. The lowest BCUT2D eigenvalue weighted by Crippen LogP contribution is -2.39. The van der Waals surface area contributed by atoms with Crippen molar-refractivity contribution in [1.29, 1.82) is 0 Å². The minimum atomic E-state index is 0.325. The van der Waals surface area contributed by atoms with Crippen LogP contribution in [0.15, 0.2) is 23.2 Å². The van der Waals surface area contributed by atoms with Crippen molar-refractivity contribution in [2.75, 3.05) is 19.9 Å². The number of nitrogens with zero attached hydrogens (tertiary/aromatic N) is 1. The van der Waals surface area contributed by atoms with Gasteiger partial charge >= 0.3 is 0 Å². The molecule has 2 atom stereocenters. The van der Waals surface area contributed by atoms with Crippen LogP contribution in [0.2, 0.25) is 0 Å². The lowest BCUT2D eigenvalue weighted by molar-refractivity contribution is 0.174. The minimum Gasteiger partial charge on any atom is -0.454 e. The molecule has 0 radical (unpaired) electrons. The molecule has 1 saturated carbocycles. The van der Waals surface area contributed by atoms with Gasteiger partial charge < -0.3 is 20.1 Å². The molecule has 0 saturated heterocycles. The van der Waals surface area contributed by atoms with Crippen LogP contribution >= 0.6 is 0 Å². The summed E-state index contributed by atoms with van der Waals surface area (Å²) in [7, 11) is 0. The Kier molecular flexibility index (Phi) is 5.26. The van der Waals surface area contributed by atoms with Gasteiger partial charge in [0.15, 0.2) is 17.5 Å². The molecule has 1 aliphatic heterocycles. The van der Waals surface area contributed by atoms with Gasteiger partial charge in [0, 0.05) is 19.1 Å². The van der Waals surface area contributed by atoms with Crippen molar-refractivity contribution in [1.82, 2.24) is 10.6 Å². The fraction of sp³-hybridized carbons (Fsp3) is 0.611. The van der Waals surface area contributed by atoms with Crippen molar-refractivity contribution < 1.29 is 9.47 Å². The summed E-state index contributed by atoms with van der Waals surface area (Å²) in [6, 6.07) is 6.72. The molecular weight excluding hydrogens is 290 g/mol. The first-order valence-corrected chi connectivity index (χ1v) is 8.73. The second kappa shape index (κ2) is 7.57. The first-order chi connectivity index (χ1) is 11.3. The van der Waals surface area contributed by atoms with Gasteiger partial charge in [0.05, 0.1) is 0 Å². The monoisotopic (exact) mass is 317 g/mol. The molecular formula is C18H27N3O2. The smallest absolute Gasteiger partial charge is 0.231 e. The van der Waals surface area contributed by atoms with E-state index in [1.807, 2.05) is 6.07 Å². The normalized spacial score (nSPS) is 22.1. The third-order valence-electron chi connectivity index (χ3n) is 4.36. The highest BCUT2D eigenvalue weighted by Gasteiger charge is 2.36. The van der Waals surface area contributed by atoms with E-state index >= 15 is 0 Å². The molecule has 2 N–H and O–H groups in total. The summed E-state index contributed by atoms with van der Waals surface area (Å²) in [5.41, 5.74) is 1.23. The van der Waals surface area contributed by atoms with Crippen molar-refractivity contribution in [3.05, 3.63) is 23.8 Å². The number of guanidine groups is 1. The van der Waals surface area contributed by atoms with Crippen LogP contribution in [0.3, 0.4) is 0 Å². The van der Waals surface area contributed by atoms with Crippen molar-refractivity contribution in [3.63, 3.8) is 0 Å². The number of hydrogen-bond donors (Lipinski definition) is 2. The van der Waals surface area contributed by atoms with E-state index in [-0.39, 0.29) is 0 Å². The maximum atomic E-state index is 5.42. The number of benzene rings is 1. The molecule has 1 aromatic rings. The van der Waals surface area contributed by atoms with Gasteiger partial charge in [-0.05, 0) is 49.8 Å². The van der Waals surface area contributed by atoms with Gasteiger partial charge in [0.25, 0.3) is 0 Å².